The van der Waals surface area contributed by atoms with Crippen LogP contribution in [0.2, 0.25) is 0 Å². The van der Waals surface area contributed by atoms with E-state index in [0.29, 0.717) is 24.5 Å². The molecule has 2 N–H and O–H groups in total. The molecule has 1 aliphatic rings. The molecule has 1 fully saturated rings. The minimum atomic E-state index is -0.822. The number of aliphatic carboxylic acids is 1. The fourth-order valence-electron chi connectivity index (χ4n) is 2.15. The van der Waals surface area contributed by atoms with Crippen molar-refractivity contribution in [2.24, 2.45) is 11.8 Å². The van der Waals surface area contributed by atoms with Crippen molar-refractivity contribution in [3.8, 4) is 5.75 Å². The number of methoxy groups -OCH3 is 1. The number of carboxylic acid groups (broad SMARTS) is 1. The van der Waals surface area contributed by atoms with Crippen LogP contribution in [-0.2, 0) is 4.79 Å². The van der Waals surface area contributed by atoms with Crippen molar-refractivity contribution in [2.45, 2.75) is 6.92 Å². The van der Waals surface area contributed by atoms with Gasteiger partial charge in [-0.2, -0.15) is 0 Å². The molecule has 0 aromatic heterocycles. The van der Waals surface area contributed by atoms with E-state index in [4.69, 9.17) is 9.84 Å². The van der Waals surface area contributed by atoms with Crippen LogP contribution in [0.3, 0.4) is 0 Å². The SMILES string of the molecule is COc1cc(Br)cc(NC(=O)N2CC(C(C)C(=O)O)C2)c1. The van der Waals surface area contributed by atoms with E-state index >= 15 is 0 Å². The summed E-state index contributed by atoms with van der Waals surface area (Å²) in [7, 11) is 1.56. The maximum Gasteiger partial charge on any atom is 0.321 e. The van der Waals surface area contributed by atoms with Crippen molar-refractivity contribution < 1.29 is 19.4 Å². The lowest BCUT2D eigenvalue weighted by Gasteiger charge is -2.41. The Kier molecular flexibility index (Phi) is 4.72. The summed E-state index contributed by atoms with van der Waals surface area (Å²) in [5.41, 5.74) is 0.626. The lowest BCUT2D eigenvalue weighted by Crippen LogP contribution is -2.54. The summed E-state index contributed by atoms with van der Waals surface area (Å²) in [6.45, 7) is 2.59. The molecule has 0 radical (unpaired) electrons. The largest absolute Gasteiger partial charge is 0.497 e. The molecule has 0 spiro atoms. The van der Waals surface area contributed by atoms with Gasteiger partial charge in [0.1, 0.15) is 5.75 Å². The van der Waals surface area contributed by atoms with Crippen molar-refractivity contribution in [2.75, 3.05) is 25.5 Å². The van der Waals surface area contributed by atoms with E-state index in [9.17, 15) is 9.59 Å². The molecule has 7 heteroatoms. The molecule has 1 saturated heterocycles. The van der Waals surface area contributed by atoms with Gasteiger partial charge in [-0.25, -0.2) is 4.79 Å². The van der Waals surface area contributed by atoms with E-state index in [1.54, 1.807) is 37.1 Å². The molecule has 114 valence electrons. The Morgan fingerprint density at radius 2 is 2.10 bits per heavy atom. The fraction of sp³-hybridized carbons (Fsp3) is 0.429. The van der Waals surface area contributed by atoms with E-state index in [0.717, 1.165) is 4.47 Å². The lowest BCUT2D eigenvalue weighted by atomic mass is 9.87. The average Bonchev–Trinajstić information content (AvgIpc) is 2.35. The highest BCUT2D eigenvalue weighted by Crippen LogP contribution is 2.27. The lowest BCUT2D eigenvalue weighted by molar-refractivity contribution is -0.144. The molecule has 0 saturated carbocycles. The van der Waals surface area contributed by atoms with Crippen molar-refractivity contribution in [3.05, 3.63) is 22.7 Å². The molecule has 2 rings (SSSR count). The average molecular weight is 357 g/mol. The van der Waals surface area contributed by atoms with Gasteiger partial charge in [-0.15, -0.1) is 0 Å². The van der Waals surface area contributed by atoms with Crippen LogP contribution in [0.15, 0.2) is 22.7 Å². The number of hydrogen-bond acceptors (Lipinski definition) is 3. The van der Waals surface area contributed by atoms with E-state index in [2.05, 4.69) is 21.2 Å². The predicted octanol–water partition coefficient (Wildman–Crippen LogP) is 2.64. The normalized spacial score (nSPS) is 16.0. The topological polar surface area (TPSA) is 78.9 Å². The minimum absolute atomic E-state index is 0.0188. The fourth-order valence-corrected chi connectivity index (χ4v) is 2.62. The second-order valence-corrected chi connectivity index (χ2v) is 6.02. The number of nitrogens with one attached hydrogen (secondary N) is 1. The quantitative estimate of drug-likeness (QED) is 0.868. The standard InChI is InChI=1S/C14H17BrN2O4/c1-8(13(18)19)9-6-17(7-9)14(20)16-11-3-10(15)4-12(5-11)21-2/h3-5,8-9H,6-7H2,1-2H3,(H,16,20)(H,18,19). The third kappa shape index (κ3) is 3.66. The Morgan fingerprint density at radius 1 is 1.43 bits per heavy atom. The number of nitrogens with zero attached hydrogens (tertiary/aromatic N) is 1. The molecule has 2 amide bonds. The van der Waals surface area contributed by atoms with Gasteiger partial charge in [0.25, 0.3) is 0 Å². The van der Waals surface area contributed by atoms with E-state index < -0.39 is 11.9 Å². The molecular formula is C14H17BrN2O4. The third-order valence-electron chi connectivity index (χ3n) is 3.65. The van der Waals surface area contributed by atoms with Gasteiger partial charge in [-0.3, -0.25) is 4.79 Å². The number of carbonyl (C=O) groups is 2. The summed E-state index contributed by atoms with van der Waals surface area (Å²) >= 11 is 3.35. The first kappa shape index (κ1) is 15.6. The number of halogens is 1. The zero-order valence-corrected chi connectivity index (χ0v) is 13.4. The molecule has 21 heavy (non-hydrogen) atoms. The van der Waals surface area contributed by atoms with Crippen molar-refractivity contribution >= 4 is 33.6 Å². The van der Waals surface area contributed by atoms with Crippen LogP contribution in [0.5, 0.6) is 5.75 Å². The molecule has 1 aromatic rings. The number of carboxylic acids is 1. The monoisotopic (exact) mass is 356 g/mol. The zero-order chi connectivity index (χ0) is 15.6. The first-order valence-corrected chi connectivity index (χ1v) is 7.33. The Balaban J connectivity index is 1.92. The summed E-state index contributed by atoms with van der Waals surface area (Å²) in [5.74, 6) is -0.595. The Bertz CT molecular complexity index is 558. The highest BCUT2D eigenvalue weighted by atomic mass is 79.9. The van der Waals surface area contributed by atoms with Crippen LogP contribution in [0, 0.1) is 11.8 Å². The zero-order valence-electron chi connectivity index (χ0n) is 11.8. The number of ether oxygens (including phenoxy) is 1. The third-order valence-corrected chi connectivity index (χ3v) is 4.11. The summed E-state index contributed by atoms with van der Waals surface area (Å²) < 4.78 is 5.94. The maximum atomic E-state index is 12.1. The van der Waals surface area contributed by atoms with Gasteiger partial charge in [0.15, 0.2) is 0 Å². The first-order valence-electron chi connectivity index (χ1n) is 6.54. The Labute approximate surface area is 131 Å². The Morgan fingerprint density at radius 3 is 2.67 bits per heavy atom. The highest BCUT2D eigenvalue weighted by molar-refractivity contribution is 9.10. The van der Waals surface area contributed by atoms with Crippen molar-refractivity contribution in [1.82, 2.24) is 4.90 Å². The van der Waals surface area contributed by atoms with Gasteiger partial charge in [-0.05, 0) is 12.1 Å². The smallest absolute Gasteiger partial charge is 0.321 e. The van der Waals surface area contributed by atoms with Gasteiger partial charge < -0.3 is 20.1 Å². The number of hydrogen-bond donors (Lipinski definition) is 2. The molecule has 0 bridgehead atoms. The molecule has 1 unspecified atom stereocenters. The van der Waals surface area contributed by atoms with Gasteiger partial charge >= 0.3 is 12.0 Å². The van der Waals surface area contributed by atoms with Crippen LogP contribution >= 0.6 is 15.9 Å². The highest BCUT2D eigenvalue weighted by Gasteiger charge is 2.37. The van der Waals surface area contributed by atoms with E-state index in [1.165, 1.54) is 0 Å². The maximum absolute atomic E-state index is 12.1. The van der Waals surface area contributed by atoms with Crippen LogP contribution in [0.4, 0.5) is 10.5 Å². The minimum Gasteiger partial charge on any atom is -0.497 e. The number of urea groups is 1. The molecule has 1 aromatic carbocycles. The second kappa shape index (κ2) is 6.34. The second-order valence-electron chi connectivity index (χ2n) is 5.10. The van der Waals surface area contributed by atoms with Crippen LogP contribution in [-0.4, -0.2) is 42.2 Å². The molecule has 6 nitrogen and oxygen atoms in total. The Hall–Kier alpha value is -1.76. The van der Waals surface area contributed by atoms with Gasteiger partial charge in [0.2, 0.25) is 0 Å². The summed E-state index contributed by atoms with van der Waals surface area (Å²) in [4.78, 5) is 24.5. The van der Waals surface area contributed by atoms with Gasteiger partial charge in [0, 0.05) is 35.2 Å². The summed E-state index contributed by atoms with van der Waals surface area (Å²) in [6, 6.07) is 5.06. The summed E-state index contributed by atoms with van der Waals surface area (Å²) in [6.07, 6.45) is 0. The van der Waals surface area contributed by atoms with Crippen molar-refractivity contribution in [3.63, 3.8) is 0 Å². The van der Waals surface area contributed by atoms with Gasteiger partial charge in [-0.1, -0.05) is 22.9 Å². The molecule has 0 aliphatic carbocycles. The van der Waals surface area contributed by atoms with Gasteiger partial charge in [0.05, 0.1) is 13.0 Å². The van der Waals surface area contributed by atoms with Crippen LogP contribution in [0.1, 0.15) is 6.92 Å². The number of likely N-dealkylation sites (tertiary alicyclic amines) is 1. The number of carbonyl (C=O) groups excluding carboxylic acids is 1. The number of anilines is 1. The number of rotatable bonds is 4. The molecule has 1 heterocycles. The van der Waals surface area contributed by atoms with Crippen LogP contribution in [0.25, 0.3) is 0 Å². The van der Waals surface area contributed by atoms with Crippen LogP contribution < -0.4 is 10.1 Å². The summed E-state index contributed by atoms with van der Waals surface area (Å²) in [5, 5.41) is 11.7. The number of benzene rings is 1. The van der Waals surface area contributed by atoms with E-state index in [1.807, 2.05) is 0 Å². The molecular weight excluding hydrogens is 340 g/mol. The van der Waals surface area contributed by atoms with E-state index in [-0.39, 0.29) is 11.9 Å². The van der Waals surface area contributed by atoms with Crippen molar-refractivity contribution in [1.29, 1.82) is 0 Å². The first-order chi connectivity index (χ1) is 9.90. The predicted molar refractivity (Wildman–Crippen MR) is 81.6 cm³/mol. The molecule has 1 aliphatic heterocycles. The molecule has 1 atom stereocenters. The number of amides is 2.